The average molecular weight is 432 g/mol. The number of amides is 1. The zero-order chi connectivity index (χ0) is 19.1. The van der Waals surface area contributed by atoms with E-state index in [4.69, 9.17) is 4.74 Å². The van der Waals surface area contributed by atoms with E-state index in [2.05, 4.69) is 32.3 Å². The predicted molar refractivity (Wildman–Crippen MR) is 109 cm³/mol. The van der Waals surface area contributed by atoms with Crippen molar-refractivity contribution >= 4 is 21.8 Å². The van der Waals surface area contributed by atoms with E-state index in [-0.39, 0.29) is 5.91 Å². The van der Waals surface area contributed by atoms with Crippen LogP contribution >= 0.6 is 15.9 Å². The molecular formula is C21H26BrN3O2. The third-order valence-corrected chi connectivity index (χ3v) is 5.43. The van der Waals surface area contributed by atoms with Crippen LogP contribution < -0.4 is 10.1 Å². The Balaban J connectivity index is 1.50. The molecule has 2 heterocycles. The van der Waals surface area contributed by atoms with Crippen LogP contribution in [0.1, 0.15) is 31.0 Å². The molecule has 144 valence electrons. The molecule has 0 saturated carbocycles. The molecule has 1 aliphatic heterocycles. The molecular weight excluding hydrogens is 406 g/mol. The quantitative estimate of drug-likeness (QED) is 0.724. The second-order valence-electron chi connectivity index (χ2n) is 6.94. The summed E-state index contributed by atoms with van der Waals surface area (Å²) in [5.74, 6) is 1.68. The number of hydrogen-bond donors (Lipinski definition) is 1. The van der Waals surface area contributed by atoms with E-state index >= 15 is 0 Å². The summed E-state index contributed by atoms with van der Waals surface area (Å²) in [6.45, 7) is 5.56. The lowest BCUT2D eigenvalue weighted by atomic mass is 9.96. The van der Waals surface area contributed by atoms with Crippen LogP contribution in [0.3, 0.4) is 0 Å². The fraction of sp³-hybridized carbons (Fsp3) is 0.429. The van der Waals surface area contributed by atoms with Crippen molar-refractivity contribution in [3.05, 3.63) is 58.3 Å². The Bertz CT molecular complexity index is 746. The van der Waals surface area contributed by atoms with Gasteiger partial charge in [-0.2, -0.15) is 0 Å². The summed E-state index contributed by atoms with van der Waals surface area (Å²) in [7, 11) is 0. The number of aromatic nitrogens is 1. The molecule has 1 N–H and O–H groups in total. The van der Waals surface area contributed by atoms with Crippen LogP contribution in [0.2, 0.25) is 0 Å². The standard InChI is InChI=1S/C21H26BrN3O2/c1-16(26)25-10-7-17(8-11-25)13-23-14-18-12-19(22)5-6-21(18)27-15-20-4-2-3-9-24-20/h2-6,9,12,17,23H,7-8,10-11,13-15H2,1H3. The molecule has 6 heteroatoms. The molecule has 0 radical (unpaired) electrons. The van der Waals surface area contributed by atoms with Gasteiger partial charge in [0, 0.05) is 42.8 Å². The second-order valence-corrected chi connectivity index (χ2v) is 7.86. The third-order valence-electron chi connectivity index (χ3n) is 4.93. The normalized spacial score (nSPS) is 15.0. The van der Waals surface area contributed by atoms with Crippen LogP contribution in [0.25, 0.3) is 0 Å². The summed E-state index contributed by atoms with van der Waals surface area (Å²) >= 11 is 3.55. The number of carbonyl (C=O) groups is 1. The van der Waals surface area contributed by atoms with Crippen LogP contribution in [0.5, 0.6) is 5.75 Å². The maximum Gasteiger partial charge on any atom is 0.219 e. The summed E-state index contributed by atoms with van der Waals surface area (Å²) in [5, 5.41) is 3.56. The van der Waals surface area contributed by atoms with Gasteiger partial charge >= 0.3 is 0 Å². The van der Waals surface area contributed by atoms with Crippen LogP contribution in [-0.4, -0.2) is 35.4 Å². The smallest absolute Gasteiger partial charge is 0.219 e. The summed E-state index contributed by atoms with van der Waals surface area (Å²) in [5.41, 5.74) is 2.04. The number of ether oxygens (including phenoxy) is 1. The van der Waals surface area contributed by atoms with Gasteiger partial charge in [-0.05, 0) is 55.6 Å². The number of rotatable bonds is 7. The molecule has 27 heavy (non-hydrogen) atoms. The van der Waals surface area contributed by atoms with E-state index in [1.807, 2.05) is 35.2 Å². The molecule has 1 saturated heterocycles. The number of halogens is 1. The van der Waals surface area contributed by atoms with Gasteiger partial charge in [0.25, 0.3) is 0 Å². The summed E-state index contributed by atoms with van der Waals surface area (Å²) in [4.78, 5) is 17.7. The number of piperidine rings is 1. The Labute approximate surface area is 169 Å². The van der Waals surface area contributed by atoms with Crippen molar-refractivity contribution in [3.63, 3.8) is 0 Å². The van der Waals surface area contributed by atoms with Crippen molar-refractivity contribution in [2.24, 2.45) is 5.92 Å². The summed E-state index contributed by atoms with van der Waals surface area (Å²) in [6, 6.07) is 11.9. The number of benzene rings is 1. The largest absolute Gasteiger partial charge is 0.487 e. The lowest BCUT2D eigenvalue weighted by Crippen LogP contribution is -2.39. The van der Waals surface area contributed by atoms with Crippen LogP contribution in [0.4, 0.5) is 0 Å². The van der Waals surface area contributed by atoms with Gasteiger partial charge in [0.15, 0.2) is 0 Å². The zero-order valence-corrected chi connectivity index (χ0v) is 17.2. The van der Waals surface area contributed by atoms with Gasteiger partial charge in [-0.1, -0.05) is 22.0 Å². The first kappa shape index (κ1) is 19.8. The molecule has 1 aliphatic rings. The van der Waals surface area contributed by atoms with Crippen molar-refractivity contribution in [1.29, 1.82) is 0 Å². The molecule has 1 amide bonds. The van der Waals surface area contributed by atoms with E-state index in [0.717, 1.165) is 60.5 Å². The summed E-state index contributed by atoms with van der Waals surface area (Å²) < 4.78 is 7.03. The number of nitrogens with one attached hydrogen (secondary N) is 1. The Kier molecular flexibility index (Phi) is 7.24. The highest BCUT2D eigenvalue weighted by atomic mass is 79.9. The minimum Gasteiger partial charge on any atom is -0.487 e. The van der Waals surface area contributed by atoms with Gasteiger partial charge in [0.05, 0.1) is 5.69 Å². The molecule has 5 nitrogen and oxygen atoms in total. The number of hydrogen-bond acceptors (Lipinski definition) is 4. The van der Waals surface area contributed by atoms with E-state index in [1.165, 1.54) is 0 Å². The highest BCUT2D eigenvalue weighted by Crippen LogP contribution is 2.24. The van der Waals surface area contributed by atoms with Gasteiger partial charge in [-0.15, -0.1) is 0 Å². The van der Waals surface area contributed by atoms with Crippen molar-refractivity contribution in [1.82, 2.24) is 15.2 Å². The third kappa shape index (κ3) is 6.04. The number of carbonyl (C=O) groups excluding carboxylic acids is 1. The van der Waals surface area contributed by atoms with Gasteiger partial charge in [0.2, 0.25) is 5.91 Å². The highest BCUT2D eigenvalue weighted by molar-refractivity contribution is 9.10. The van der Waals surface area contributed by atoms with Crippen molar-refractivity contribution in [2.75, 3.05) is 19.6 Å². The number of likely N-dealkylation sites (tertiary alicyclic amines) is 1. The average Bonchev–Trinajstić information content (AvgIpc) is 2.68. The lowest BCUT2D eigenvalue weighted by Gasteiger charge is -2.31. The van der Waals surface area contributed by atoms with Crippen molar-refractivity contribution in [3.8, 4) is 5.75 Å². The molecule has 2 aromatic rings. The molecule has 0 aliphatic carbocycles. The summed E-state index contributed by atoms with van der Waals surface area (Å²) in [6.07, 6.45) is 3.91. The Morgan fingerprint density at radius 2 is 2.11 bits per heavy atom. The minimum absolute atomic E-state index is 0.185. The van der Waals surface area contributed by atoms with Crippen LogP contribution in [0.15, 0.2) is 47.1 Å². The zero-order valence-electron chi connectivity index (χ0n) is 15.7. The van der Waals surface area contributed by atoms with Gasteiger partial charge in [0.1, 0.15) is 12.4 Å². The van der Waals surface area contributed by atoms with E-state index in [0.29, 0.717) is 12.5 Å². The second kappa shape index (κ2) is 9.85. The molecule has 0 unspecified atom stereocenters. The van der Waals surface area contributed by atoms with Gasteiger partial charge in [-0.3, -0.25) is 9.78 Å². The molecule has 0 atom stereocenters. The monoisotopic (exact) mass is 431 g/mol. The van der Waals surface area contributed by atoms with Gasteiger partial charge in [-0.25, -0.2) is 0 Å². The molecule has 1 aromatic carbocycles. The molecule has 3 rings (SSSR count). The minimum atomic E-state index is 0.185. The molecule has 1 aromatic heterocycles. The first-order valence-electron chi connectivity index (χ1n) is 9.39. The van der Waals surface area contributed by atoms with Crippen LogP contribution in [0, 0.1) is 5.92 Å². The number of nitrogens with zero attached hydrogens (tertiary/aromatic N) is 2. The molecule has 1 fully saturated rings. The van der Waals surface area contributed by atoms with E-state index < -0.39 is 0 Å². The number of pyridine rings is 1. The Morgan fingerprint density at radius 1 is 1.30 bits per heavy atom. The predicted octanol–water partition coefficient (Wildman–Crippen LogP) is 3.77. The van der Waals surface area contributed by atoms with Crippen molar-refractivity contribution < 1.29 is 9.53 Å². The van der Waals surface area contributed by atoms with E-state index in [1.54, 1.807) is 13.1 Å². The maximum atomic E-state index is 11.4. The highest BCUT2D eigenvalue weighted by Gasteiger charge is 2.20. The lowest BCUT2D eigenvalue weighted by molar-refractivity contribution is -0.130. The fourth-order valence-corrected chi connectivity index (χ4v) is 3.73. The van der Waals surface area contributed by atoms with Crippen molar-refractivity contribution in [2.45, 2.75) is 32.9 Å². The Morgan fingerprint density at radius 3 is 2.81 bits per heavy atom. The maximum absolute atomic E-state index is 11.4. The molecule has 0 bridgehead atoms. The topological polar surface area (TPSA) is 54.5 Å². The van der Waals surface area contributed by atoms with E-state index in [9.17, 15) is 4.79 Å². The Hall–Kier alpha value is -1.92. The van der Waals surface area contributed by atoms with Crippen LogP contribution in [-0.2, 0) is 17.9 Å². The first-order valence-corrected chi connectivity index (χ1v) is 10.2. The van der Waals surface area contributed by atoms with Gasteiger partial charge < -0.3 is 15.0 Å². The first-order chi connectivity index (χ1) is 13.1. The molecule has 0 spiro atoms. The fourth-order valence-electron chi connectivity index (χ4n) is 3.33. The SMILES string of the molecule is CC(=O)N1CCC(CNCc2cc(Br)ccc2OCc2ccccn2)CC1.